The van der Waals surface area contributed by atoms with E-state index in [1.807, 2.05) is 60.3 Å². The lowest BCUT2D eigenvalue weighted by Crippen LogP contribution is -2.30. The second kappa shape index (κ2) is 6.95. The van der Waals surface area contributed by atoms with E-state index in [2.05, 4.69) is 12.1 Å². The summed E-state index contributed by atoms with van der Waals surface area (Å²) in [7, 11) is 5.66. The lowest BCUT2D eigenvalue weighted by atomic mass is 10.0. The molecule has 4 nitrogen and oxygen atoms in total. The molecule has 0 spiro atoms. The molecular formula is C20H24N2O2. The largest absolute Gasteiger partial charge is 0.497 e. The van der Waals surface area contributed by atoms with Crippen LogP contribution in [0.25, 0.3) is 0 Å². The van der Waals surface area contributed by atoms with Gasteiger partial charge in [-0.15, -0.1) is 0 Å². The van der Waals surface area contributed by atoms with E-state index in [1.54, 1.807) is 7.11 Å². The van der Waals surface area contributed by atoms with Gasteiger partial charge in [0.05, 0.1) is 13.2 Å². The molecular weight excluding hydrogens is 300 g/mol. The topological polar surface area (TPSA) is 32.8 Å². The molecule has 0 aliphatic carbocycles. The average Bonchev–Trinajstić information content (AvgIpc) is 3.11. The number of nitrogens with zero attached hydrogens (tertiary/aromatic N) is 2. The number of amides is 1. The third-order valence-electron chi connectivity index (χ3n) is 4.64. The molecule has 3 rings (SSSR count). The molecule has 1 heterocycles. The first-order valence-corrected chi connectivity index (χ1v) is 8.32. The van der Waals surface area contributed by atoms with E-state index in [9.17, 15) is 4.79 Å². The van der Waals surface area contributed by atoms with Gasteiger partial charge in [-0.25, -0.2) is 0 Å². The Labute approximate surface area is 143 Å². The zero-order valence-electron chi connectivity index (χ0n) is 14.5. The second-order valence-corrected chi connectivity index (χ2v) is 6.37. The summed E-state index contributed by atoms with van der Waals surface area (Å²) in [5.41, 5.74) is 3.02. The fraction of sp³-hybridized carbons (Fsp3) is 0.350. The first-order valence-electron chi connectivity index (χ1n) is 8.32. The van der Waals surface area contributed by atoms with Crippen molar-refractivity contribution in [2.45, 2.75) is 18.9 Å². The zero-order valence-corrected chi connectivity index (χ0v) is 14.5. The van der Waals surface area contributed by atoms with E-state index < -0.39 is 0 Å². The molecule has 4 heteroatoms. The normalized spacial score (nSPS) is 17.0. The fourth-order valence-electron chi connectivity index (χ4n) is 3.25. The molecule has 1 fully saturated rings. The predicted octanol–water partition coefficient (Wildman–Crippen LogP) is 3.74. The molecule has 2 aromatic rings. The Hall–Kier alpha value is -2.49. The van der Waals surface area contributed by atoms with Crippen molar-refractivity contribution >= 4 is 11.6 Å². The van der Waals surface area contributed by atoms with Gasteiger partial charge in [0.15, 0.2) is 0 Å². The fourth-order valence-corrected chi connectivity index (χ4v) is 3.25. The van der Waals surface area contributed by atoms with Crippen molar-refractivity contribution in [1.29, 1.82) is 0 Å². The van der Waals surface area contributed by atoms with Gasteiger partial charge < -0.3 is 14.5 Å². The highest BCUT2D eigenvalue weighted by atomic mass is 16.5. The molecule has 0 radical (unpaired) electrons. The van der Waals surface area contributed by atoms with Crippen molar-refractivity contribution < 1.29 is 9.53 Å². The van der Waals surface area contributed by atoms with Gasteiger partial charge in [-0.1, -0.05) is 12.1 Å². The van der Waals surface area contributed by atoms with Crippen LogP contribution in [0.1, 0.15) is 34.8 Å². The summed E-state index contributed by atoms with van der Waals surface area (Å²) in [6, 6.07) is 16.0. The van der Waals surface area contributed by atoms with Gasteiger partial charge >= 0.3 is 0 Å². The molecule has 1 aliphatic heterocycles. The van der Waals surface area contributed by atoms with Gasteiger partial charge in [0, 0.05) is 31.9 Å². The van der Waals surface area contributed by atoms with Crippen LogP contribution in [0.5, 0.6) is 5.75 Å². The summed E-state index contributed by atoms with van der Waals surface area (Å²) < 4.78 is 5.22. The van der Waals surface area contributed by atoms with Crippen molar-refractivity contribution in [3.8, 4) is 5.75 Å². The highest BCUT2D eigenvalue weighted by Crippen LogP contribution is 2.34. The van der Waals surface area contributed by atoms with E-state index in [1.165, 1.54) is 5.56 Å². The molecule has 0 aromatic heterocycles. The molecule has 0 N–H and O–H groups in total. The summed E-state index contributed by atoms with van der Waals surface area (Å²) >= 11 is 0. The van der Waals surface area contributed by atoms with Crippen LogP contribution in [0, 0.1) is 0 Å². The standard InChI is InChI=1S/C20H24N2O2/c1-21(2)17-10-6-16(7-11-17)20(23)22-14-4-5-19(22)15-8-12-18(24-3)13-9-15/h6-13,19H,4-5,14H2,1-3H3/t19-/m1/s1. The van der Waals surface area contributed by atoms with Crippen LogP contribution in [0.15, 0.2) is 48.5 Å². The average molecular weight is 324 g/mol. The van der Waals surface area contributed by atoms with Crippen LogP contribution >= 0.6 is 0 Å². The Morgan fingerprint density at radius 1 is 1.08 bits per heavy atom. The monoisotopic (exact) mass is 324 g/mol. The van der Waals surface area contributed by atoms with Crippen LogP contribution < -0.4 is 9.64 Å². The van der Waals surface area contributed by atoms with Gasteiger partial charge in [0.2, 0.25) is 0 Å². The molecule has 1 saturated heterocycles. The van der Waals surface area contributed by atoms with E-state index in [-0.39, 0.29) is 11.9 Å². The maximum Gasteiger partial charge on any atom is 0.254 e. The number of likely N-dealkylation sites (tertiary alicyclic amines) is 1. The Morgan fingerprint density at radius 3 is 2.33 bits per heavy atom. The number of anilines is 1. The molecule has 0 saturated carbocycles. The Morgan fingerprint density at radius 2 is 1.75 bits per heavy atom. The van der Waals surface area contributed by atoms with Crippen LogP contribution in [-0.2, 0) is 0 Å². The van der Waals surface area contributed by atoms with Crippen molar-refractivity contribution in [3.05, 3.63) is 59.7 Å². The Bertz CT molecular complexity index is 693. The van der Waals surface area contributed by atoms with Gasteiger partial charge in [-0.2, -0.15) is 0 Å². The maximum atomic E-state index is 12.9. The number of benzene rings is 2. The first-order chi connectivity index (χ1) is 11.6. The molecule has 24 heavy (non-hydrogen) atoms. The van der Waals surface area contributed by atoms with Crippen molar-refractivity contribution in [2.24, 2.45) is 0 Å². The lowest BCUT2D eigenvalue weighted by Gasteiger charge is -2.25. The zero-order chi connectivity index (χ0) is 17.1. The van der Waals surface area contributed by atoms with E-state index >= 15 is 0 Å². The van der Waals surface area contributed by atoms with E-state index in [0.717, 1.165) is 36.4 Å². The van der Waals surface area contributed by atoms with Gasteiger partial charge in [0.1, 0.15) is 5.75 Å². The van der Waals surface area contributed by atoms with Crippen molar-refractivity contribution in [1.82, 2.24) is 4.90 Å². The number of carbonyl (C=O) groups excluding carboxylic acids is 1. The summed E-state index contributed by atoms with van der Waals surface area (Å²) in [6.07, 6.45) is 2.05. The number of methoxy groups -OCH3 is 1. The molecule has 1 atom stereocenters. The Kier molecular flexibility index (Phi) is 4.74. The van der Waals surface area contributed by atoms with E-state index in [4.69, 9.17) is 4.74 Å². The number of rotatable bonds is 4. The van der Waals surface area contributed by atoms with Crippen LogP contribution in [0.2, 0.25) is 0 Å². The van der Waals surface area contributed by atoms with Crippen LogP contribution in [0.4, 0.5) is 5.69 Å². The Balaban J connectivity index is 1.80. The molecule has 1 aliphatic rings. The van der Waals surface area contributed by atoms with E-state index in [0.29, 0.717) is 0 Å². The quantitative estimate of drug-likeness (QED) is 0.859. The molecule has 2 aromatic carbocycles. The summed E-state index contributed by atoms with van der Waals surface area (Å²) in [4.78, 5) is 16.9. The summed E-state index contributed by atoms with van der Waals surface area (Å²) in [5, 5.41) is 0. The first kappa shape index (κ1) is 16.4. The number of carbonyl (C=O) groups is 1. The lowest BCUT2D eigenvalue weighted by molar-refractivity contribution is 0.0735. The molecule has 126 valence electrons. The van der Waals surface area contributed by atoms with Crippen LogP contribution in [-0.4, -0.2) is 38.6 Å². The highest BCUT2D eigenvalue weighted by Gasteiger charge is 2.30. The van der Waals surface area contributed by atoms with Gasteiger partial charge in [-0.05, 0) is 54.8 Å². The SMILES string of the molecule is COc1ccc([C@H]2CCCN2C(=O)c2ccc(N(C)C)cc2)cc1. The summed E-state index contributed by atoms with van der Waals surface area (Å²) in [5.74, 6) is 0.951. The third-order valence-corrected chi connectivity index (χ3v) is 4.64. The predicted molar refractivity (Wildman–Crippen MR) is 96.8 cm³/mol. The third kappa shape index (κ3) is 3.23. The summed E-state index contributed by atoms with van der Waals surface area (Å²) in [6.45, 7) is 0.810. The number of hydrogen-bond acceptors (Lipinski definition) is 3. The highest BCUT2D eigenvalue weighted by molar-refractivity contribution is 5.95. The van der Waals surface area contributed by atoms with Crippen molar-refractivity contribution in [3.63, 3.8) is 0 Å². The van der Waals surface area contributed by atoms with Gasteiger partial charge in [0.25, 0.3) is 5.91 Å². The second-order valence-electron chi connectivity index (χ2n) is 6.37. The minimum absolute atomic E-state index is 0.110. The maximum absolute atomic E-state index is 12.9. The van der Waals surface area contributed by atoms with Crippen LogP contribution in [0.3, 0.4) is 0 Å². The van der Waals surface area contributed by atoms with Crippen molar-refractivity contribution in [2.75, 3.05) is 32.6 Å². The smallest absolute Gasteiger partial charge is 0.254 e. The minimum atomic E-state index is 0.110. The van der Waals surface area contributed by atoms with Gasteiger partial charge in [-0.3, -0.25) is 4.79 Å². The molecule has 1 amide bonds. The number of hydrogen-bond donors (Lipinski definition) is 0. The molecule has 0 bridgehead atoms. The molecule has 0 unspecified atom stereocenters. The minimum Gasteiger partial charge on any atom is -0.497 e. The number of ether oxygens (including phenoxy) is 1.